The molecule has 0 spiro atoms. The molecule has 14 nitrogen and oxygen atoms in total. The first-order valence-electron chi connectivity index (χ1n) is 17.8. The lowest BCUT2D eigenvalue weighted by Crippen LogP contribution is -2.59. The molecular formula is C36H45N5O9S. The lowest BCUT2D eigenvalue weighted by Gasteiger charge is -2.32. The summed E-state index contributed by atoms with van der Waals surface area (Å²) in [7, 11) is -3.99. The molecule has 4 amide bonds. The molecule has 1 aromatic heterocycles. The lowest BCUT2D eigenvalue weighted by atomic mass is 9.88. The van der Waals surface area contributed by atoms with Crippen molar-refractivity contribution in [2.24, 2.45) is 17.8 Å². The van der Waals surface area contributed by atoms with Crippen molar-refractivity contribution in [3.8, 4) is 11.6 Å². The number of sulfonamides is 1. The van der Waals surface area contributed by atoms with Crippen LogP contribution in [-0.4, -0.2) is 88.8 Å². The standard InChI is InChI=1S/C36H45N5O9S/c1-20-6-4-5-7-23-18-36(23,33(44)40-51(47,48)35(3)12-13-35)39-30(42)27-17-24(19-41(27)32(43)28(21(2)16-20)38-34(45)46)50-31-26-9-8-22-11-15-49-29(22)25(26)10-14-37-31/h5,7-10,14,20-21,23-24,27-28,38H,4,6,11-13,15-19H2,1-3H3,(H,39,42)(H,40,44)(H,45,46)/t20-,21-,23-,24-,27+,28+,36-/m1/s1. The minimum atomic E-state index is -3.99. The molecule has 15 heteroatoms. The molecule has 4 heterocycles. The minimum absolute atomic E-state index is 0.0240. The Labute approximate surface area is 296 Å². The zero-order valence-electron chi connectivity index (χ0n) is 29.0. The molecular weight excluding hydrogens is 678 g/mol. The topological polar surface area (TPSA) is 193 Å². The highest BCUT2D eigenvalue weighted by Crippen LogP contribution is 2.48. The van der Waals surface area contributed by atoms with Gasteiger partial charge in [-0.1, -0.05) is 32.1 Å². The van der Waals surface area contributed by atoms with Crippen LogP contribution in [0.1, 0.15) is 71.3 Å². The summed E-state index contributed by atoms with van der Waals surface area (Å²) in [6.07, 6.45) is 7.15. The number of hydrogen-bond donors (Lipinski definition) is 4. The predicted molar refractivity (Wildman–Crippen MR) is 185 cm³/mol. The van der Waals surface area contributed by atoms with Gasteiger partial charge in [-0.15, -0.1) is 0 Å². The number of hydrogen-bond acceptors (Lipinski definition) is 9. The molecule has 51 heavy (non-hydrogen) atoms. The first kappa shape index (κ1) is 35.0. The highest BCUT2D eigenvalue weighted by atomic mass is 32.2. The summed E-state index contributed by atoms with van der Waals surface area (Å²) < 4.78 is 39.7. The zero-order chi connectivity index (χ0) is 36.3. The van der Waals surface area contributed by atoms with Crippen LogP contribution in [0.3, 0.4) is 0 Å². The fraction of sp³-hybridized carbons (Fsp3) is 0.583. The number of ether oxygens (including phenoxy) is 2. The SMILES string of the molecule is C[C@@H]1CCC=C[C@@H]2C[C@@]2(C(=O)NS(=O)(=O)C2(C)CC2)NC(=O)[C@@H]2C[C@@H](Oc3nccc4c5c(ccc34)CCO5)CN2C(=O)[C@@H](NC(=O)O)[C@H](C)C1. The van der Waals surface area contributed by atoms with E-state index in [0.717, 1.165) is 29.5 Å². The van der Waals surface area contributed by atoms with Crippen LogP contribution in [-0.2, 0) is 30.8 Å². The second kappa shape index (κ2) is 13.0. The van der Waals surface area contributed by atoms with Crippen LogP contribution in [0.4, 0.5) is 4.79 Å². The van der Waals surface area contributed by atoms with Gasteiger partial charge >= 0.3 is 6.09 Å². The Morgan fingerprint density at radius 2 is 1.92 bits per heavy atom. The van der Waals surface area contributed by atoms with Crippen molar-refractivity contribution < 1.29 is 42.2 Å². The zero-order valence-corrected chi connectivity index (χ0v) is 29.8. The molecule has 3 fully saturated rings. The van der Waals surface area contributed by atoms with E-state index in [1.54, 1.807) is 13.1 Å². The minimum Gasteiger partial charge on any atom is -0.492 e. The maximum atomic E-state index is 14.4. The van der Waals surface area contributed by atoms with E-state index in [1.165, 1.54) is 4.90 Å². The van der Waals surface area contributed by atoms with Crippen molar-refractivity contribution in [2.75, 3.05) is 13.2 Å². The van der Waals surface area contributed by atoms with Crippen molar-refractivity contribution in [1.29, 1.82) is 0 Å². The molecule has 2 aliphatic carbocycles. The number of aromatic nitrogens is 1. The maximum absolute atomic E-state index is 14.4. The average Bonchev–Trinajstić information content (AvgIpc) is 3.85. The van der Waals surface area contributed by atoms with Crippen molar-refractivity contribution >= 4 is 44.6 Å². The van der Waals surface area contributed by atoms with Gasteiger partial charge in [-0.05, 0) is 75.0 Å². The van der Waals surface area contributed by atoms with Gasteiger partial charge in [-0.3, -0.25) is 19.1 Å². The molecule has 3 aliphatic heterocycles. The van der Waals surface area contributed by atoms with Crippen LogP contribution in [0.5, 0.6) is 11.6 Å². The molecule has 7 atom stereocenters. The Balaban J connectivity index is 1.21. The fourth-order valence-corrected chi connectivity index (χ4v) is 9.17. The van der Waals surface area contributed by atoms with Crippen molar-refractivity contribution in [3.63, 3.8) is 0 Å². The van der Waals surface area contributed by atoms with Crippen molar-refractivity contribution in [3.05, 3.63) is 42.1 Å². The molecule has 2 saturated carbocycles. The molecule has 274 valence electrons. The summed E-state index contributed by atoms with van der Waals surface area (Å²) in [5, 5.41) is 16.6. The van der Waals surface area contributed by atoms with Gasteiger partial charge in [0.1, 0.15) is 29.5 Å². The van der Waals surface area contributed by atoms with Crippen LogP contribution >= 0.6 is 0 Å². The molecule has 1 saturated heterocycles. The van der Waals surface area contributed by atoms with Gasteiger partial charge in [-0.2, -0.15) is 0 Å². The molecule has 0 unspecified atom stereocenters. The molecule has 2 aromatic rings. The van der Waals surface area contributed by atoms with E-state index in [2.05, 4.69) is 20.3 Å². The van der Waals surface area contributed by atoms with Gasteiger partial charge in [0.15, 0.2) is 0 Å². The molecule has 4 N–H and O–H groups in total. The van der Waals surface area contributed by atoms with Crippen molar-refractivity contribution in [1.82, 2.24) is 25.2 Å². The highest BCUT2D eigenvalue weighted by molar-refractivity contribution is 7.91. The van der Waals surface area contributed by atoms with Crippen LogP contribution < -0.4 is 24.8 Å². The number of carboxylic acid groups (broad SMARTS) is 1. The molecule has 1 aromatic carbocycles. The molecule has 0 bridgehead atoms. The summed E-state index contributed by atoms with van der Waals surface area (Å²) in [5.41, 5.74) is -0.450. The van der Waals surface area contributed by atoms with E-state index < -0.39 is 74.1 Å². The van der Waals surface area contributed by atoms with E-state index in [1.807, 2.05) is 44.2 Å². The van der Waals surface area contributed by atoms with Crippen molar-refractivity contribution in [2.45, 2.75) is 101 Å². The smallest absolute Gasteiger partial charge is 0.405 e. The van der Waals surface area contributed by atoms with E-state index in [-0.39, 0.29) is 25.3 Å². The Bertz CT molecular complexity index is 1910. The summed E-state index contributed by atoms with van der Waals surface area (Å²) >= 11 is 0. The van der Waals surface area contributed by atoms with Gasteiger partial charge < -0.3 is 30.1 Å². The van der Waals surface area contributed by atoms with E-state index in [4.69, 9.17) is 9.47 Å². The van der Waals surface area contributed by atoms with Crippen LogP contribution in [0.15, 0.2) is 36.5 Å². The monoisotopic (exact) mass is 723 g/mol. The van der Waals surface area contributed by atoms with Gasteiger partial charge in [0.2, 0.25) is 27.7 Å². The second-order valence-electron chi connectivity index (χ2n) is 15.3. The number of allylic oxidation sites excluding steroid dienone is 1. The Morgan fingerprint density at radius 1 is 1.14 bits per heavy atom. The third-order valence-electron chi connectivity index (χ3n) is 11.4. The number of pyridine rings is 1. The summed E-state index contributed by atoms with van der Waals surface area (Å²) in [6, 6.07) is 3.43. The third-order valence-corrected chi connectivity index (χ3v) is 13.5. The van der Waals surface area contributed by atoms with E-state index in [0.29, 0.717) is 43.6 Å². The predicted octanol–water partition coefficient (Wildman–Crippen LogP) is 3.04. The number of rotatable bonds is 6. The van der Waals surface area contributed by atoms with E-state index in [9.17, 15) is 32.7 Å². The average molecular weight is 724 g/mol. The highest BCUT2D eigenvalue weighted by Gasteiger charge is 2.63. The van der Waals surface area contributed by atoms with E-state index >= 15 is 0 Å². The number of nitrogens with zero attached hydrogens (tertiary/aromatic N) is 2. The normalized spacial score (nSPS) is 31.5. The van der Waals surface area contributed by atoms with Gasteiger partial charge in [0.25, 0.3) is 5.91 Å². The number of amides is 4. The first-order chi connectivity index (χ1) is 24.2. The fourth-order valence-electron chi connectivity index (χ4n) is 7.86. The number of benzene rings is 1. The van der Waals surface area contributed by atoms with Crippen LogP contribution in [0, 0.1) is 17.8 Å². The number of nitrogens with one attached hydrogen (secondary N) is 3. The molecule has 0 radical (unpaired) electrons. The lowest BCUT2D eigenvalue weighted by molar-refractivity contribution is -0.142. The summed E-state index contributed by atoms with van der Waals surface area (Å²) in [5.74, 6) is -1.70. The van der Waals surface area contributed by atoms with Crippen LogP contribution in [0.25, 0.3) is 10.8 Å². The van der Waals surface area contributed by atoms with Gasteiger partial charge in [-0.25, -0.2) is 18.2 Å². The third kappa shape index (κ3) is 6.60. The van der Waals surface area contributed by atoms with Crippen LogP contribution in [0.2, 0.25) is 0 Å². The number of carbonyl (C=O) groups is 4. The second-order valence-corrected chi connectivity index (χ2v) is 17.4. The maximum Gasteiger partial charge on any atom is 0.405 e. The Kier molecular flexibility index (Phi) is 8.91. The number of carbonyl (C=O) groups excluding carboxylic acids is 3. The Morgan fingerprint density at radius 3 is 2.67 bits per heavy atom. The van der Waals surface area contributed by atoms with Gasteiger partial charge in [0, 0.05) is 35.7 Å². The quantitative estimate of drug-likeness (QED) is 0.322. The molecule has 7 rings (SSSR count). The summed E-state index contributed by atoms with van der Waals surface area (Å²) in [4.78, 5) is 60.3. The van der Waals surface area contributed by atoms with Gasteiger partial charge in [0.05, 0.1) is 17.9 Å². The number of fused-ring (bicyclic) bond motifs is 5. The largest absolute Gasteiger partial charge is 0.492 e. The first-order valence-corrected chi connectivity index (χ1v) is 19.2. The molecule has 5 aliphatic rings. The summed E-state index contributed by atoms with van der Waals surface area (Å²) in [6.45, 7) is 5.96. The Hall–Kier alpha value is -4.40.